The van der Waals surface area contributed by atoms with Crippen LogP contribution in [-0.2, 0) is 11.3 Å². The molecule has 0 heterocycles. The van der Waals surface area contributed by atoms with Crippen LogP contribution in [-0.4, -0.2) is 13.0 Å². The third-order valence-corrected chi connectivity index (χ3v) is 2.41. The highest BCUT2D eigenvalue weighted by Gasteiger charge is 2.11. The van der Waals surface area contributed by atoms with E-state index in [4.69, 9.17) is 5.73 Å². The van der Waals surface area contributed by atoms with Gasteiger partial charge >= 0.3 is 0 Å². The minimum Gasteiger partial charge on any atom is -0.326 e. The molecule has 15 heavy (non-hydrogen) atoms. The summed E-state index contributed by atoms with van der Waals surface area (Å²) in [6, 6.07) is 7.73. The number of anilines is 1. The van der Waals surface area contributed by atoms with Gasteiger partial charge in [0.05, 0.1) is 0 Å². The van der Waals surface area contributed by atoms with E-state index >= 15 is 0 Å². The van der Waals surface area contributed by atoms with Gasteiger partial charge in [0.25, 0.3) is 0 Å². The number of para-hydroxylation sites is 1. The van der Waals surface area contributed by atoms with Gasteiger partial charge in [0.1, 0.15) is 0 Å². The second-order valence-electron chi connectivity index (χ2n) is 3.54. The van der Waals surface area contributed by atoms with Crippen molar-refractivity contribution in [3.63, 3.8) is 0 Å². The summed E-state index contributed by atoms with van der Waals surface area (Å²) in [6.07, 6.45) is 1.45. The first-order valence-electron chi connectivity index (χ1n) is 5.25. The fourth-order valence-electron chi connectivity index (χ4n) is 1.53. The number of benzene rings is 1. The van der Waals surface area contributed by atoms with Gasteiger partial charge in [0.2, 0.25) is 5.91 Å². The molecule has 82 valence electrons. The minimum atomic E-state index is 0.137. The van der Waals surface area contributed by atoms with E-state index < -0.39 is 0 Å². The van der Waals surface area contributed by atoms with Gasteiger partial charge in [-0.15, -0.1) is 0 Å². The molecule has 1 amide bonds. The Balaban J connectivity index is 2.89. The molecule has 0 unspecified atom stereocenters. The Morgan fingerprint density at radius 3 is 2.67 bits per heavy atom. The summed E-state index contributed by atoms with van der Waals surface area (Å²) >= 11 is 0. The summed E-state index contributed by atoms with van der Waals surface area (Å²) in [7, 11) is 1.80. The summed E-state index contributed by atoms with van der Waals surface area (Å²) in [5.74, 6) is 0.137. The molecule has 0 fully saturated rings. The second-order valence-corrected chi connectivity index (χ2v) is 3.54. The van der Waals surface area contributed by atoms with Gasteiger partial charge in [0.15, 0.2) is 0 Å². The molecule has 0 radical (unpaired) electrons. The van der Waals surface area contributed by atoms with Crippen LogP contribution in [0.25, 0.3) is 0 Å². The zero-order chi connectivity index (χ0) is 11.3. The molecular weight excluding hydrogens is 188 g/mol. The zero-order valence-electron chi connectivity index (χ0n) is 9.36. The summed E-state index contributed by atoms with van der Waals surface area (Å²) in [6.45, 7) is 2.46. The lowest BCUT2D eigenvalue weighted by atomic mass is 10.1. The van der Waals surface area contributed by atoms with Crippen molar-refractivity contribution in [2.45, 2.75) is 26.3 Å². The topological polar surface area (TPSA) is 46.3 Å². The zero-order valence-corrected chi connectivity index (χ0v) is 9.36. The van der Waals surface area contributed by atoms with E-state index in [1.807, 2.05) is 31.2 Å². The van der Waals surface area contributed by atoms with Crippen molar-refractivity contribution >= 4 is 11.6 Å². The molecule has 3 heteroatoms. The third kappa shape index (κ3) is 2.80. The van der Waals surface area contributed by atoms with Crippen LogP contribution >= 0.6 is 0 Å². The molecule has 1 aromatic rings. The maximum absolute atomic E-state index is 11.7. The van der Waals surface area contributed by atoms with Crippen LogP contribution in [0.5, 0.6) is 0 Å². The number of amides is 1. The Morgan fingerprint density at radius 1 is 1.40 bits per heavy atom. The third-order valence-electron chi connectivity index (χ3n) is 2.41. The van der Waals surface area contributed by atoms with Crippen molar-refractivity contribution in [3.8, 4) is 0 Å². The SMILES string of the molecule is CCCC(=O)N(C)c1ccccc1CN. The Kier molecular flexibility index (Phi) is 4.31. The highest BCUT2D eigenvalue weighted by molar-refractivity contribution is 5.93. The Morgan fingerprint density at radius 2 is 2.07 bits per heavy atom. The fraction of sp³-hybridized carbons (Fsp3) is 0.417. The highest BCUT2D eigenvalue weighted by atomic mass is 16.2. The molecule has 2 N–H and O–H groups in total. The molecule has 0 aromatic heterocycles. The molecule has 0 bridgehead atoms. The van der Waals surface area contributed by atoms with Gasteiger partial charge in [-0.25, -0.2) is 0 Å². The van der Waals surface area contributed by atoms with Gasteiger partial charge in [-0.05, 0) is 18.1 Å². The van der Waals surface area contributed by atoms with Crippen molar-refractivity contribution in [1.82, 2.24) is 0 Å². The number of hydrogen-bond acceptors (Lipinski definition) is 2. The van der Waals surface area contributed by atoms with Crippen LogP contribution in [0, 0.1) is 0 Å². The van der Waals surface area contributed by atoms with Gasteiger partial charge in [-0.1, -0.05) is 25.1 Å². The maximum Gasteiger partial charge on any atom is 0.226 e. The van der Waals surface area contributed by atoms with Crippen LogP contribution in [0.1, 0.15) is 25.3 Å². The van der Waals surface area contributed by atoms with Gasteiger partial charge in [0, 0.05) is 25.7 Å². The average Bonchev–Trinajstić information content (AvgIpc) is 2.28. The van der Waals surface area contributed by atoms with Gasteiger partial charge in [-0.2, -0.15) is 0 Å². The van der Waals surface area contributed by atoms with Crippen molar-refractivity contribution in [2.75, 3.05) is 11.9 Å². The molecular formula is C12H18N2O. The molecule has 0 aliphatic rings. The Bertz CT molecular complexity index is 336. The first-order chi connectivity index (χ1) is 7.20. The van der Waals surface area contributed by atoms with E-state index in [1.165, 1.54) is 0 Å². The van der Waals surface area contributed by atoms with E-state index in [9.17, 15) is 4.79 Å². The summed E-state index contributed by atoms with van der Waals surface area (Å²) in [5.41, 5.74) is 7.54. The Hall–Kier alpha value is -1.35. The quantitative estimate of drug-likeness (QED) is 0.818. The van der Waals surface area contributed by atoms with Gasteiger partial charge in [-0.3, -0.25) is 4.79 Å². The molecule has 1 aromatic carbocycles. The predicted molar refractivity (Wildman–Crippen MR) is 62.7 cm³/mol. The molecule has 3 nitrogen and oxygen atoms in total. The minimum absolute atomic E-state index is 0.137. The molecule has 0 saturated heterocycles. The van der Waals surface area contributed by atoms with E-state index in [0.29, 0.717) is 13.0 Å². The fourth-order valence-corrected chi connectivity index (χ4v) is 1.53. The Labute approximate surface area is 90.9 Å². The average molecular weight is 206 g/mol. The molecule has 0 aliphatic heterocycles. The first kappa shape index (κ1) is 11.7. The van der Waals surface area contributed by atoms with Crippen LogP contribution in [0.4, 0.5) is 5.69 Å². The normalized spacial score (nSPS) is 10.1. The van der Waals surface area contributed by atoms with Gasteiger partial charge < -0.3 is 10.6 Å². The van der Waals surface area contributed by atoms with Crippen LogP contribution < -0.4 is 10.6 Å². The van der Waals surface area contributed by atoms with E-state index in [-0.39, 0.29) is 5.91 Å². The highest BCUT2D eigenvalue weighted by Crippen LogP contribution is 2.19. The van der Waals surface area contributed by atoms with E-state index in [0.717, 1.165) is 17.7 Å². The van der Waals surface area contributed by atoms with Crippen molar-refractivity contribution < 1.29 is 4.79 Å². The maximum atomic E-state index is 11.7. The monoisotopic (exact) mass is 206 g/mol. The molecule has 0 atom stereocenters. The molecule has 0 saturated carbocycles. The number of carbonyl (C=O) groups is 1. The predicted octanol–water partition coefficient (Wildman–Crippen LogP) is 1.91. The summed E-state index contributed by atoms with van der Waals surface area (Å²) in [4.78, 5) is 13.4. The van der Waals surface area contributed by atoms with Crippen molar-refractivity contribution in [3.05, 3.63) is 29.8 Å². The van der Waals surface area contributed by atoms with E-state index in [2.05, 4.69) is 0 Å². The number of nitrogens with two attached hydrogens (primary N) is 1. The largest absolute Gasteiger partial charge is 0.326 e. The van der Waals surface area contributed by atoms with Crippen LogP contribution in [0.3, 0.4) is 0 Å². The molecule has 0 spiro atoms. The van der Waals surface area contributed by atoms with Crippen LogP contribution in [0.2, 0.25) is 0 Å². The summed E-state index contributed by atoms with van der Waals surface area (Å²) < 4.78 is 0. The van der Waals surface area contributed by atoms with Crippen LogP contribution in [0.15, 0.2) is 24.3 Å². The van der Waals surface area contributed by atoms with E-state index in [1.54, 1.807) is 11.9 Å². The molecule has 1 rings (SSSR count). The number of carbonyl (C=O) groups excluding carboxylic acids is 1. The lowest BCUT2D eigenvalue weighted by Crippen LogP contribution is -2.27. The smallest absolute Gasteiger partial charge is 0.226 e. The lowest BCUT2D eigenvalue weighted by molar-refractivity contribution is -0.118. The second kappa shape index (κ2) is 5.51. The lowest BCUT2D eigenvalue weighted by Gasteiger charge is -2.19. The number of hydrogen-bond donors (Lipinski definition) is 1. The van der Waals surface area contributed by atoms with Crippen molar-refractivity contribution in [1.29, 1.82) is 0 Å². The number of nitrogens with zero attached hydrogens (tertiary/aromatic N) is 1. The number of rotatable bonds is 4. The molecule has 0 aliphatic carbocycles. The first-order valence-corrected chi connectivity index (χ1v) is 5.25. The standard InChI is InChI=1S/C12H18N2O/c1-3-6-12(15)14(2)11-8-5-4-7-10(11)9-13/h4-5,7-8H,3,6,9,13H2,1-2H3. The van der Waals surface area contributed by atoms with Crippen molar-refractivity contribution in [2.24, 2.45) is 5.73 Å². The summed E-state index contributed by atoms with van der Waals surface area (Å²) in [5, 5.41) is 0.